The van der Waals surface area contributed by atoms with E-state index in [0.29, 0.717) is 6.67 Å². The molecule has 10 rings (SSSR count). The molecule has 0 spiro atoms. The van der Waals surface area contributed by atoms with Crippen molar-refractivity contribution in [2.45, 2.75) is 106 Å². The maximum absolute atomic E-state index is 7.42. The average Bonchev–Trinajstić information content (AvgIpc) is 3.95. The highest BCUT2D eigenvalue weighted by Crippen LogP contribution is 2.50. The maximum atomic E-state index is 7.42. The van der Waals surface area contributed by atoms with Gasteiger partial charge in [-0.15, -0.1) is 0 Å². The Balaban J connectivity index is 1.17. The van der Waals surface area contributed by atoms with E-state index in [1.165, 1.54) is 55.7 Å². The fraction of sp³-hybridized carbons (Fsp3) is 0.279. The first-order valence-electron chi connectivity index (χ1n) is 26.1. The zero-order valence-electron chi connectivity index (χ0n) is 45.3. The van der Waals surface area contributed by atoms with Crippen LogP contribution in [0.3, 0.4) is 0 Å². The van der Waals surface area contributed by atoms with Gasteiger partial charge in [-0.3, -0.25) is 4.57 Å². The van der Waals surface area contributed by atoms with Gasteiger partial charge in [0.2, 0.25) is 0 Å². The lowest BCUT2D eigenvalue weighted by molar-refractivity contribution is 0.444. The van der Waals surface area contributed by atoms with Crippen LogP contribution < -0.4 is 14.5 Å². The molecule has 0 N–H and O–H groups in total. The average molecular weight is 961 g/mol. The summed E-state index contributed by atoms with van der Waals surface area (Å²) in [7, 11) is 0. The Morgan fingerprint density at radius 3 is 1.60 bits per heavy atom. The quantitative estimate of drug-likeness (QED) is 0.137. The molecule has 0 saturated carbocycles. The number of ether oxygens (including phenoxy) is 1. The van der Waals surface area contributed by atoms with Crippen molar-refractivity contribution in [3.8, 4) is 28.4 Å². The third-order valence-corrected chi connectivity index (χ3v) is 15.1. The Labute approximate surface area is 434 Å². The third-order valence-electron chi connectivity index (χ3n) is 15.1. The Bertz CT molecular complexity index is 3510. The second kappa shape index (κ2) is 18.3. The predicted molar refractivity (Wildman–Crippen MR) is 309 cm³/mol. The second-order valence-corrected chi connectivity index (χ2v) is 24.3. The number of nitrogens with zero attached hydrogens (tertiary/aromatic N) is 4. The first kappa shape index (κ1) is 49.2. The van der Waals surface area contributed by atoms with E-state index >= 15 is 0 Å². The number of anilines is 2. The molecule has 2 aromatic heterocycles. The van der Waals surface area contributed by atoms with E-state index in [0.717, 1.165) is 45.2 Å². The summed E-state index contributed by atoms with van der Waals surface area (Å²) >= 11 is 0. The molecule has 0 unspecified atom stereocenters. The normalized spacial score (nSPS) is 13.9. The Morgan fingerprint density at radius 2 is 0.973 bits per heavy atom. The second-order valence-electron chi connectivity index (χ2n) is 24.3. The van der Waals surface area contributed by atoms with Gasteiger partial charge in [0.25, 0.3) is 0 Å². The van der Waals surface area contributed by atoms with E-state index in [2.05, 4.69) is 286 Å². The van der Waals surface area contributed by atoms with Crippen molar-refractivity contribution in [1.29, 1.82) is 0 Å². The molecule has 0 aliphatic carbocycles. The van der Waals surface area contributed by atoms with Gasteiger partial charge in [-0.2, -0.15) is 0 Å². The monoisotopic (exact) mass is 961 g/mol. The van der Waals surface area contributed by atoms with Crippen molar-refractivity contribution in [3.05, 3.63) is 227 Å². The fourth-order valence-electron chi connectivity index (χ4n) is 11.2. The molecule has 0 saturated heterocycles. The lowest BCUT2D eigenvalue weighted by Gasteiger charge is -2.34. The molecule has 7 aromatic carbocycles. The first-order valence-corrected chi connectivity index (χ1v) is 26.1. The SMILES string of the molecule is CC(C)(C)C1=C(C(C)(C)C)N(c2cccc(C(C)(C)c3ccccc3)c2)CN1c1cc(Oc2cc(C(C)(C)c3ccccc3)c3c4ccccc4n(-c4cc(C(C)(C)C)ccn4)c3c2)cc(-c2ccccc2)c1. The van der Waals surface area contributed by atoms with Gasteiger partial charge >= 0.3 is 0 Å². The van der Waals surface area contributed by atoms with Gasteiger partial charge in [-0.1, -0.05) is 211 Å². The fourth-order valence-corrected chi connectivity index (χ4v) is 11.2. The van der Waals surface area contributed by atoms with E-state index in [4.69, 9.17) is 9.72 Å². The summed E-state index contributed by atoms with van der Waals surface area (Å²) in [4.78, 5) is 10.2. The van der Waals surface area contributed by atoms with Gasteiger partial charge in [0, 0.05) is 73.5 Å². The van der Waals surface area contributed by atoms with Crippen LogP contribution in [-0.2, 0) is 16.2 Å². The van der Waals surface area contributed by atoms with E-state index < -0.39 is 5.41 Å². The molecule has 3 heterocycles. The minimum atomic E-state index is -0.395. The van der Waals surface area contributed by atoms with Crippen LogP contribution in [0, 0.1) is 10.8 Å². The van der Waals surface area contributed by atoms with E-state index in [1.807, 2.05) is 6.20 Å². The number of aromatic nitrogens is 2. The molecule has 9 aromatic rings. The molecule has 0 bridgehead atoms. The Kier molecular flexibility index (Phi) is 12.3. The molecular weight excluding hydrogens is 889 g/mol. The standard InChI is InChI=1S/C68H72N4O/c1-64(2,3)50-36-37-69-60(41-50)72-58-35-24-23-34-56(58)61-57(68(12,13)49-30-21-16-22-31-49)43-55(44-59(61)72)73-54-39-47(46-26-17-14-18-27-46)38-53(42-54)71-45-70(62(65(4,5)6)63(71)66(7,8)9)52-33-25-32-51(40-52)67(10,11)48-28-19-15-20-29-48/h14-44H,45H2,1-13H3. The summed E-state index contributed by atoms with van der Waals surface area (Å²) in [6, 6.07) is 66.2. The Hall–Kier alpha value is -7.37. The van der Waals surface area contributed by atoms with Gasteiger partial charge < -0.3 is 14.5 Å². The summed E-state index contributed by atoms with van der Waals surface area (Å²) in [6.45, 7) is 30.9. The Morgan fingerprint density at radius 1 is 0.411 bits per heavy atom. The summed E-state index contributed by atoms with van der Waals surface area (Å²) in [5.41, 5.74) is 14.4. The number of hydrogen-bond acceptors (Lipinski definition) is 4. The van der Waals surface area contributed by atoms with Crippen molar-refractivity contribution in [1.82, 2.24) is 9.55 Å². The van der Waals surface area contributed by atoms with E-state index in [1.54, 1.807) is 0 Å². The van der Waals surface area contributed by atoms with Gasteiger partial charge in [-0.25, -0.2) is 4.98 Å². The predicted octanol–water partition coefficient (Wildman–Crippen LogP) is 18.2. The van der Waals surface area contributed by atoms with Crippen molar-refractivity contribution in [3.63, 3.8) is 0 Å². The van der Waals surface area contributed by atoms with Crippen molar-refractivity contribution < 1.29 is 4.74 Å². The van der Waals surface area contributed by atoms with Crippen LogP contribution in [-0.4, -0.2) is 16.2 Å². The number of fused-ring (bicyclic) bond motifs is 3. The smallest absolute Gasteiger partial charge is 0.137 e. The van der Waals surface area contributed by atoms with E-state index in [-0.39, 0.29) is 21.7 Å². The highest BCUT2D eigenvalue weighted by atomic mass is 16.5. The topological polar surface area (TPSA) is 33.5 Å². The third kappa shape index (κ3) is 9.24. The lowest BCUT2D eigenvalue weighted by atomic mass is 9.76. The molecule has 0 radical (unpaired) electrons. The van der Waals surface area contributed by atoms with Gasteiger partial charge in [0.1, 0.15) is 17.3 Å². The first-order chi connectivity index (χ1) is 34.6. The van der Waals surface area contributed by atoms with Gasteiger partial charge in [-0.05, 0) is 92.9 Å². The number of para-hydroxylation sites is 1. The van der Waals surface area contributed by atoms with Crippen molar-refractivity contribution in [2.75, 3.05) is 16.5 Å². The molecule has 5 nitrogen and oxygen atoms in total. The van der Waals surface area contributed by atoms with Crippen LogP contribution in [0.4, 0.5) is 11.4 Å². The van der Waals surface area contributed by atoms with Crippen LogP contribution in [0.25, 0.3) is 38.8 Å². The molecule has 5 heteroatoms. The zero-order valence-corrected chi connectivity index (χ0v) is 45.3. The number of pyridine rings is 1. The molecular formula is C68H72N4O. The largest absolute Gasteiger partial charge is 0.457 e. The van der Waals surface area contributed by atoms with Crippen LogP contribution in [0.1, 0.15) is 118 Å². The molecule has 0 fully saturated rings. The molecule has 0 amide bonds. The summed E-state index contributed by atoms with van der Waals surface area (Å²) in [5.74, 6) is 2.42. The number of allylic oxidation sites excluding steroid dienone is 2. The number of benzene rings is 7. The van der Waals surface area contributed by atoms with Crippen LogP contribution in [0.5, 0.6) is 11.5 Å². The summed E-state index contributed by atoms with van der Waals surface area (Å²) in [5, 5.41) is 2.38. The van der Waals surface area contributed by atoms with Crippen molar-refractivity contribution >= 4 is 33.2 Å². The lowest BCUT2D eigenvalue weighted by Crippen LogP contribution is -2.31. The minimum Gasteiger partial charge on any atom is -0.457 e. The molecule has 1 aliphatic heterocycles. The summed E-state index contributed by atoms with van der Waals surface area (Å²) in [6.07, 6.45) is 1.95. The van der Waals surface area contributed by atoms with Crippen LogP contribution >= 0.6 is 0 Å². The zero-order chi connectivity index (χ0) is 51.7. The van der Waals surface area contributed by atoms with Crippen LogP contribution in [0.2, 0.25) is 0 Å². The molecule has 1 aliphatic rings. The summed E-state index contributed by atoms with van der Waals surface area (Å²) < 4.78 is 9.76. The van der Waals surface area contributed by atoms with Gasteiger partial charge in [0.15, 0.2) is 0 Å². The number of hydrogen-bond donors (Lipinski definition) is 0. The van der Waals surface area contributed by atoms with E-state index in [9.17, 15) is 0 Å². The molecule has 73 heavy (non-hydrogen) atoms. The van der Waals surface area contributed by atoms with Crippen LogP contribution in [0.15, 0.2) is 200 Å². The molecule has 370 valence electrons. The maximum Gasteiger partial charge on any atom is 0.137 e. The minimum absolute atomic E-state index is 0.0575. The molecule has 0 atom stereocenters. The van der Waals surface area contributed by atoms with Crippen molar-refractivity contribution in [2.24, 2.45) is 10.8 Å². The highest BCUT2D eigenvalue weighted by molar-refractivity contribution is 6.12. The highest BCUT2D eigenvalue weighted by Gasteiger charge is 2.42. The number of rotatable bonds is 10. The van der Waals surface area contributed by atoms with Gasteiger partial charge in [0.05, 0.1) is 17.7 Å².